The second-order valence-corrected chi connectivity index (χ2v) is 13.0. The van der Waals surface area contributed by atoms with E-state index in [9.17, 15) is 9.59 Å². The van der Waals surface area contributed by atoms with Crippen LogP contribution in [-0.2, 0) is 24.2 Å². The van der Waals surface area contributed by atoms with Gasteiger partial charge in [-0.15, -0.1) is 0 Å². The largest absolute Gasteiger partial charge is 0.486 e. The average molecular weight is 628 g/mol. The van der Waals surface area contributed by atoms with Crippen LogP contribution in [0.15, 0.2) is 41.8 Å². The van der Waals surface area contributed by atoms with Gasteiger partial charge in [0.25, 0.3) is 0 Å². The molecule has 0 N–H and O–H groups in total. The van der Waals surface area contributed by atoms with Crippen LogP contribution < -0.4 is 15.3 Å². The summed E-state index contributed by atoms with van der Waals surface area (Å²) < 4.78 is 24.0. The van der Waals surface area contributed by atoms with Gasteiger partial charge in [0.15, 0.2) is 5.75 Å². The average Bonchev–Trinajstić information content (AvgIpc) is 3.51. The number of aryl methyl sites for hydroxylation is 2. The zero-order valence-electron chi connectivity index (χ0n) is 25.9. The van der Waals surface area contributed by atoms with Crippen molar-refractivity contribution < 1.29 is 13.9 Å². The van der Waals surface area contributed by atoms with Gasteiger partial charge in [-0.2, -0.15) is 4.98 Å². The number of hydrogen-bond acceptors (Lipinski definition) is 6. The molecule has 7 rings (SSSR count). The molecule has 0 unspecified atom stereocenters. The summed E-state index contributed by atoms with van der Waals surface area (Å²) >= 11 is 7.06. The minimum absolute atomic E-state index is 0.0212. The maximum absolute atomic E-state index is 15.9. The summed E-state index contributed by atoms with van der Waals surface area (Å²) in [6, 6.07) is 5.23. The van der Waals surface area contributed by atoms with Gasteiger partial charge in [0, 0.05) is 53.9 Å². The number of carbonyl (C=O) groups is 1. The van der Waals surface area contributed by atoms with E-state index in [1.54, 1.807) is 28.5 Å². The molecule has 10 heteroatoms. The molecular weight excluding hydrogens is 593 g/mol. The molecule has 1 amide bonds. The molecule has 45 heavy (non-hydrogen) atoms. The van der Waals surface area contributed by atoms with Gasteiger partial charge in [0.1, 0.15) is 23.8 Å². The minimum atomic E-state index is -0.470. The zero-order valence-corrected chi connectivity index (χ0v) is 26.7. The number of fused-ring (bicyclic) bond motifs is 6. The van der Waals surface area contributed by atoms with Gasteiger partial charge in [-0.05, 0) is 67.9 Å². The van der Waals surface area contributed by atoms with Gasteiger partial charge >= 0.3 is 5.69 Å². The molecule has 2 aromatic heterocycles. The van der Waals surface area contributed by atoms with Gasteiger partial charge in [0.2, 0.25) is 5.91 Å². The van der Waals surface area contributed by atoms with Crippen molar-refractivity contribution in [2.45, 2.75) is 65.5 Å². The zero-order chi connectivity index (χ0) is 31.7. The Balaban J connectivity index is 1.58. The highest BCUT2D eigenvalue weighted by Crippen LogP contribution is 2.50. The molecule has 0 spiro atoms. The minimum Gasteiger partial charge on any atom is -0.486 e. The lowest BCUT2D eigenvalue weighted by atomic mass is 9.92. The molecule has 8 nitrogen and oxygen atoms in total. The third kappa shape index (κ3) is 4.54. The summed E-state index contributed by atoms with van der Waals surface area (Å²) in [6.45, 7) is 12.9. The number of halogens is 2. The smallest absolute Gasteiger partial charge is 0.354 e. The molecule has 0 bridgehead atoms. The number of rotatable bonds is 4. The Bertz CT molecular complexity index is 1990. The first-order valence-corrected chi connectivity index (χ1v) is 15.9. The Labute approximate surface area is 266 Å². The molecule has 2 aliphatic heterocycles. The first-order chi connectivity index (χ1) is 21.6. The number of aromatic nitrogens is 3. The van der Waals surface area contributed by atoms with Crippen LogP contribution in [0, 0.1) is 12.7 Å². The van der Waals surface area contributed by atoms with E-state index in [4.69, 9.17) is 26.3 Å². The maximum atomic E-state index is 15.9. The van der Waals surface area contributed by atoms with Gasteiger partial charge in [-0.1, -0.05) is 44.2 Å². The Morgan fingerprint density at radius 3 is 2.73 bits per heavy atom. The van der Waals surface area contributed by atoms with Crippen LogP contribution in [0.1, 0.15) is 61.1 Å². The van der Waals surface area contributed by atoms with Crippen molar-refractivity contribution in [3.05, 3.63) is 86.3 Å². The van der Waals surface area contributed by atoms with Gasteiger partial charge in [-0.3, -0.25) is 14.3 Å². The monoisotopic (exact) mass is 627 g/mol. The Kier molecular flexibility index (Phi) is 7.19. The molecule has 1 atom stereocenters. The SMILES string of the molecule is C=CC(=O)N1CCN(c2nc(=O)n(-c3c(C(C)C)ncc4c3CCC4)c3c4c(c(Cl)cc23)-c2c(ccc(C)c2F)CO4)[C@@H](C)C1. The lowest BCUT2D eigenvalue weighted by molar-refractivity contribution is -0.126. The van der Waals surface area contributed by atoms with E-state index in [0.717, 1.165) is 41.8 Å². The molecular formula is C35H35ClFN5O3. The second-order valence-electron chi connectivity index (χ2n) is 12.6. The highest BCUT2D eigenvalue weighted by molar-refractivity contribution is 6.35. The maximum Gasteiger partial charge on any atom is 0.354 e. The number of nitrogens with zero attached hydrogens (tertiary/aromatic N) is 5. The van der Waals surface area contributed by atoms with E-state index in [1.165, 1.54) is 6.08 Å². The molecule has 4 aromatic rings. The Morgan fingerprint density at radius 1 is 1.20 bits per heavy atom. The van der Waals surface area contributed by atoms with E-state index >= 15 is 4.39 Å². The fourth-order valence-corrected chi connectivity index (χ4v) is 7.47. The van der Waals surface area contributed by atoms with Crippen LogP contribution in [0.25, 0.3) is 27.7 Å². The van der Waals surface area contributed by atoms with Crippen LogP contribution in [-0.4, -0.2) is 51.0 Å². The molecule has 4 heterocycles. The lowest BCUT2D eigenvalue weighted by Crippen LogP contribution is -2.54. The molecule has 0 saturated carbocycles. The predicted molar refractivity (Wildman–Crippen MR) is 174 cm³/mol. The van der Waals surface area contributed by atoms with Crippen molar-refractivity contribution in [1.29, 1.82) is 0 Å². The van der Waals surface area contributed by atoms with E-state index in [1.807, 2.05) is 24.1 Å². The Hall–Kier alpha value is -4.24. The molecule has 1 fully saturated rings. The molecule has 1 aliphatic carbocycles. The summed E-state index contributed by atoms with van der Waals surface area (Å²) in [4.78, 5) is 40.3. The summed E-state index contributed by atoms with van der Waals surface area (Å²) in [7, 11) is 0. The predicted octanol–water partition coefficient (Wildman–Crippen LogP) is 6.28. The van der Waals surface area contributed by atoms with Crippen molar-refractivity contribution in [1.82, 2.24) is 19.4 Å². The summed E-state index contributed by atoms with van der Waals surface area (Å²) in [6.07, 6.45) is 5.91. The molecule has 232 valence electrons. The van der Waals surface area contributed by atoms with Crippen molar-refractivity contribution >= 4 is 34.2 Å². The lowest BCUT2D eigenvalue weighted by Gasteiger charge is -2.40. The number of benzene rings is 2. The molecule has 0 radical (unpaired) electrons. The molecule has 3 aliphatic rings. The normalized spacial score (nSPS) is 17.3. The van der Waals surface area contributed by atoms with E-state index in [0.29, 0.717) is 69.4 Å². The van der Waals surface area contributed by atoms with Gasteiger partial charge in [-0.25, -0.2) is 9.18 Å². The third-order valence-corrected chi connectivity index (χ3v) is 9.71. The highest BCUT2D eigenvalue weighted by Gasteiger charge is 2.35. The van der Waals surface area contributed by atoms with E-state index in [-0.39, 0.29) is 30.3 Å². The third-order valence-electron chi connectivity index (χ3n) is 9.41. The van der Waals surface area contributed by atoms with Crippen LogP contribution in [0.4, 0.5) is 10.2 Å². The van der Waals surface area contributed by atoms with Crippen molar-refractivity contribution in [2.24, 2.45) is 0 Å². The number of piperazine rings is 1. The Morgan fingerprint density at radius 2 is 2.00 bits per heavy atom. The molecule has 1 saturated heterocycles. The first kappa shape index (κ1) is 29.5. The van der Waals surface area contributed by atoms with Gasteiger partial charge in [0.05, 0.1) is 16.4 Å². The van der Waals surface area contributed by atoms with Crippen LogP contribution in [0.5, 0.6) is 5.75 Å². The van der Waals surface area contributed by atoms with E-state index < -0.39 is 5.69 Å². The summed E-state index contributed by atoms with van der Waals surface area (Å²) in [5, 5.41) is 0.931. The fraction of sp³-hybridized carbons (Fsp3) is 0.371. The number of ether oxygens (including phenoxy) is 1. The second kappa shape index (κ2) is 11.0. The number of carbonyl (C=O) groups excluding carboxylic acids is 1. The number of pyridine rings is 1. The standard InChI is InChI=1S/C35H35ClFN5O3/c1-6-26(43)40-12-13-41(20(5)16-40)34-24-14-25(36)28-27-22(11-10-19(4)29(27)37)17-45-33(28)32(24)42(35(44)39-34)31-23-9-7-8-21(23)15-38-30(31)18(2)3/h6,10-11,14-15,18,20H,1,7-9,12-13,16-17H2,2-5H3/t20-/m0/s1. The van der Waals surface area contributed by atoms with E-state index in [2.05, 4.69) is 20.4 Å². The van der Waals surface area contributed by atoms with Crippen LogP contribution in [0.3, 0.4) is 0 Å². The summed E-state index contributed by atoms with van der Waals surface area (Å²) in [5.74, 6) is 0.340. The van der Waals surface area contributed by atoms with Crippen molar-refractivity contribution in [3.63, 3.8) is 0 Å². The topological polar surface area (TPSA) is 80.6 Å². The van der Waals surface area contributed by atoms with Crippen LogP contribution >= 0.6 is 11.6 Å². The summed E-state index contributed by atoms with van der Waals surface area (Å²) in [5.41, 5.74) is 5.76. The van der Waals surface area contributed by atoms with Gasteiger partial charge < -0.3 is 14.5 Å². The number of hydrogen-bond donors (Lipinski definition) is 0. The first-order valence-electron chi connectivity index (χ1n) is 15.5. The van der Waals surface area contributed by atoms with Crippen LogP contribution in [0.2, 0.25) is 5.02 Å². The van der Waals surface area contributed by atoms with Crippen molar-refractivity contribution in [2.75, 3.05) is 24.5 Å². The quantitative estimate of drug-likeness (QED) is 0.248. The highest BCUT2D eigenvalue weighted by atomic mass is 35.5. The molecule has 2 aromatic carbocycles. The fourth-order valence-electron chi connectivity index (χ4n) is 7.18. The van der Waals surface area contributed by atoms with Crippen molar-refractivity contribution in [3.8, 4) is 22.6 Å². The number of amides is 1. The number of anilines is 1.